The van der Waals surface area contributed by atoms with E-state index in [1.165, 1.54) is 19.1 Å². The van der Waals surface area contributed by atoms with E-state index < -0.39 is 29.8 Å². The van der Waals surface area contributed by atoms with Crippen molar-refractivity contribution < 1.29 is 23.1 Å². The summed E-state index contributed by atoms with van der Waals surface area (Å²) < 4.78 is 40.8. The normalized spacial score (nSPS) is 18.5. The lowest BCUT2D eigenvalue weighted by Crippen LogP contribution is -2.37. The third-order valence-corrected chi connectivity index (χ3v) is 5.65. The number of hydrogen-bond donors (Lipinski definition) is 2. The van der Waals surface area contributed by atoms with Crippen molar-refractivity contribution in [1.29, 1.82) is 0 Å². The van der Waals surface area contributed by atoms with Crippen LogP contribution in [-0.4, -0.2) is 39.3 Å². The number of amidine groups is 1. The topological polar surface area (TPSA) is 77.8 Å². The highest BCUT2D eigenvalue weighted by molar-refractivity contribution is 6.24. The number of allylic oxidation sites excluding steroid dienone is 2. The number of alkyl halides is 2. The maximum atomic E-state index is 14.6. The van der Waals surface area contributed by atoms with E-state index in [0.29, 0.717) is 23.5 Å². The molecule has 6 nitrogen and oxygen atoms in total. The van der Waals surface area contributed by atoms with Crippen LogP contribution < -0.4 is 5.32 Å². The van der Waals surface area contributed by atoms with Crippen molar-refractivity contribution in [3.63, 3.8) is 0 Å². The molecule has 2 aliphatic rings. The van der Waals surface area contributed by atoms with Crippen LogP contribution in [0, 0.1) is 5.82 Å². The number of pyridine rings is 1. The van der Waals surface area contributed by atoms with Crippen molar-refractivity contribution >= 4 is 17.3 Å². The summed E-state index contributed by atoms with van der Waals surface area (Å²) in [6, 6.07) is 4.59. The molecular weight excluding hydrogens is 433 g/mol. The molecule has 0 unspecified atom stereocenters. The zero-order chi connectivity index (χ0) is 23.7. The number of aliphatic hydroxyl groups excluding tert-OH is 1. The number of aliphatic imine (C=N–C) groups is 1. The first-order valence-corrected chi connectivity index (χ1v) is 10.5. The number of benzene rings is 1. The average Bonchev–Trinajstić information content (AvgIpc) is 3.18. The van der Waals surface area contributed by atoms with Gasteiger partial charge < -0.3 is 15.3 Å². The van der Waals surface area contributed by atoms with Gasteiger partial charge in [-0.15, -0.1) is 0 Å². The Morgan fingerprint density at radius 3 is 2.79 bits per heavy atom. The maximum Gasteiger partial charge on any atom is 0.266 e. The number of halogens is 3. The van der Waals surface area contributed by atoms with E-state index in [9.17, 15) is 23.1 Å². The highest BCUT2D eigenvalue weighted by Crippen LogP contribution is 2.31. The van der Waals surface area contributed by atoms with Crippen molar-refractivity contribution in [2.75, 3.05) is 6.54 Å². The number of nitrogens with zero attached hydrogens (tertiary/aromatic N) is 3. The van der Waals surface area contributed by atoms with Crippen molar-refractivity contribution in [3.05, 3.63) is 82.6 Å². The Balaban J connectivity index is 1.67. The number of aromatic nitrogens is 1. The molecule has 1 aromatic heterocycles. The van der Waals surface area contributed by atoms with E-state index in [4.69, 9.17) is 0 Å². The average molecular weight is 456 g/mol. The number of amides is 1. The zero-order valence-electron chi connectivity index (χ0n) is 18.1. The number of nitrogens with one attached hydrogen (secondary N) is 1. The second-order valence-electron chi connectivity index (χ2n) is 8.03. The van der Waals surface area contributed by atoms with Crippen LogP contribution >= 0.6 is 0 Å². The first kappa shape index (κ1) is 22.7. The van der Waals surface area contributed by atoms with Crippen molar-refractivity contribution in [3.8, 4) is 0 Å². The number of rotatable bonds is 6. The first-order chi connectivity index (χ1) is 15.8. The van der Waals surface area contributed by atoms with Crippen molar-refractivity contribution in [1.82, 2.24) is 15.2 Å². The molecule has 0 bridgehead atoms. The van der Waals surface area contributed by atoms with Gasteiger partial charge in [-0.2, -0.15) is 0 Å². The van der Waals surface area contributed by atoms with Crippen LogP contribution in [0.1, 0.15) is 48.6 Å². The predicted octanol–water partition coefficient (Wildman–Crippen LogP) is 3.91. The molecule has 1 amide bonds. The van der Waals surface area contributed by atoms with Gasteiger partial charge >= 0.3 is 0 Å². The van der Waals surface area contributed by atoms with Gasteiger partial charge in [-0.3, -0.25) is 14.8 Å². The minimum Gasteiger partial charge on any atom is -0.392 e. The van der Waals surface area contributed by atoms with Gasteiger partial charge in [0.05, 0.1) is 29.8 Å². The summed E-state index contributed by atoms with van der Waals surface area (Å²) in [5.74, 6) is -1.05. The molecule has 0 spiro atoms. The molecule has 1 aromatic carbocycles. The van der Waals surface area contributed by atoms with Gasteiger partial charge in [-0.1, -0.05) is 18.2 Å². The lowest BCUT2D eigenvalue weighted by molar-refractivity contribution is -0.117. The van der Waals surface area contributed by atoms with Crippen LogP contribution in [0.15, 0.2) is 59.5 Å². The Kier molecular flexibility index (Phi) is 6.33. The zero-order valence-corrected chi connectivity index (χ0v) is 18.1. The number of carbonyl (C=O) groups excluding carboxylic acids is 1. The summed E-state index contributed by atoms with van der Waals surface area (Å²) in [6.45, 7) is 3.82. The number of hydrogen-bond acceptors (Lipinski definition) is 5. The van der Waals surface area contributed by atoms with Gasteiger partial charge in [0.25, 0.3) is 12.3 Å². The Morgan fingerprint density at radius 1 is 1.30 bits per heavy atom. The van der Waals surface area contributed by atoms with Crippen LogP contribution in [-0.2, 0) is 11.4 Å². The molecule has 2 N–H and O–H groups in total. The predicted molar refractivity (Wildman–Crippen MR) is 118 cm³/mol. The van der Waals surface area contributed by atoms with E-state index in [-0.39, 0.29) is 23.8 Å². The minimum atomic E-state index is -2.95. The number of carbonyl (C=O) groups is 1. The van der Waals surface area contributed by atoms with Crippen LogP contribution in [0.2, 0.25) is 0 Å². The molecular formula is C24H23F3N4O2. The summed E-state index contributed by atoms with van der Waals surface area (Å²) in [5, 5.41) is 12.4. The Morgan fingerprint density at radius 2 is 2.06 bits per heavy atom. The van der Waals surface area contributed by atoms with E-state index in [0.717, 1.165) is 11.6 Å². The lowest BCUT2D eigenvalue weighted by atomic mass is 9.96. The van der Waals surface area contributed by atoms with Gasteiger partial charge in [0.15, 0.2) is 0 Å². The van der Waals surface area contributed by atoms with E-state index in [1.807, 2.05) is 18.0 Å². The smallest absolute Gasteiger partial charge is 0.266 e. The standard InChI is InChI=1S/C24H23F3N4O2/c1-13-10-31-11-15(18-6-7-28-9-16(18)12-32)8-20(23(31)29-13)24(33)30-14(2)17-4-3-5-19(21(17)25)22(26)27/h3-9,11,13-14,22,32H,10,12H2,1-2H3,(H,30,33)/t13-,14-/m1/s1. The highest BCUT2D eigenvalue weighted by Gasteiger charge is 2.32. The van der Waals surface area contributed by atoms with Gasteiger partial charge in [0.2, 0.25) is 0 Å². The third-order valence-electron chi connectivity index (χ3n) is 5.65. The largest absolute Gasteiger partial charge is 0.392 e. The monoisotopic (exact) mass is 456 g/mol. The second kappa shape index (κ2) is 9.19. The molecule has 2 atom stereocenters. The molecule has 0 radical (unpaired) electrons. The van der Waals surface area contributed by atoms with Crippen LogP contribution in [0.3, 0.4) is 0 Å². The quantitative estimate of drug-likeness (QED) is 0.691. The number of fused-ring (bicyclic) bond motifs is 1. The van der Waals surface area contributed by atoms with Gasteiger partial charge in [-0.05, 0) is 37.1 Å². The highest BCUT2D eigenvalue weighted by atomic mass is 19.3. The molecule has 0 aliphatic carbocycles. The molecule has 0 fully saturated rings. The van der Waals surface area contributed by atoms with Gasteiger partial charge in [0, 0.05) is 36.3 Å². The second-order valence-corrected chi connectivity index (χ2v) is 8.03. The molecule has 2 aromatic rings. The van der Waals surface area contributed by atoms with Crippen molar-refractivity contribution in [2.24, 2.45) is 4.99 Å². The SMILES string of the molecule is C[C@@H]1CN2C=C(c3ccncc3CO)C=C(C(=O)N[C@H](C)c3cccc(C(F)F)c3F)C2=N1. The molecule has 9 heteroatoms. The molecule has 4 rings (SSSR count). The first-order valence-electron chi connectivity index (χ1n) is 10.5. The van der Waals surface area contributed by atoms with Crippen LogP contribution in [0.4, 0.5) is 13.2 Å². The maximum absolute atomic E-state index is 14.6. The fourth-order valence-corrected chi connectivity index (χ4v) is 4.03. The molecule has 3 heterocycles. The molecule has 2 aliphatic heterocycles. The summed E-state index contributed by atoms with van der Waals surface area (Å²) in [4.78, 5) is 23.7. The van der Waals surface area contributed by atoms with Crippen molar-refractivity contribution in [2.45, 2.75) is 39.0 Å². The Labute approximate surface area is 189 Å². The summed E-state index contributed by atoms with van der Waals surface area (Å²) in [5.41, 5.74) is 1.56. The Bertz CT molecular complexity index is 1180. The molecule has 33 heavy (non-hydrogen) atoms. The number of aliphatic hydroxyl groups is 1. The molecule has 0 saturated carbocycles. The summed E-state index contributed by atoms with van der Waals surface area (Å²) in [7, 11) is 0. The fraction of sp³-hybridized carbons (Fsp3) is 0.292. The fourth-order valence-electron chi connectivity index (χ4n) is 4.03. The summed E-state index contributed by atoms with van der Waals surface area (Å²) >= 11 is 0. The molecule has 172 valence electrons. The lowest BCUT2D eigenvalue weighted by Gasteiger charge is -2.26. The Hall–Kier alpha value is -3.46. The third kappa shape index (κ3) is 4.41. The van der Waals surface area contributed by atoms with Gasteiger partial charge in [-0.25, -0.2) is 13.2 Å². The van der Waals surface area contributed by atoms with E-state index in [2.05, 4.69) is 15.3 Å². The van der Waals surface area contributed by atoms with Gasteiger partial charge in [0.1, 0.15) is 11.7 Å². The summed E-state index contributed by atoms with van der Waals surface area (Å²) in [6.07, 6.45) is 3.73. The molecule has 0 saturated heterocycles. The van der Waals surface area contributed by atoms with Crippen LogP contribution in [0.5, 0.6) is 0 Å². The van der Waals surface area contributed by atoms with E-state index in [1.54, 1.807) is 24.5 Å². The van der Waals surface area contributed by atoms with E-state index >= 15 is 0 Å². The van der Waals surface area contributed by atoms with Crippen LogP contribution in [0.25, 0.3) is 5.57 Å². The minimum absolute atomic E-state index is 0.0244.